The fourth-order valence-electron chi connectivity index (χ4n) is 2.00. The number of benzene rings is 1. The first kappa shape index (κ1) is 12.0. The standard InChI is InChI=1S/C14H19NO2/c1-2-3-11-10-12(15)4-5-14(11)17-13-6-8-16-9-7-13/h2,4-5,10,13H,1,3,6-9,15H2. The van der Waals surface area contributed by atoms with Crippen molar-refractivity contribution in [2.75, 3.05) is 18.9 Å². The van der Waals surface area contributed by atoms with Gasteiger partial charge in [-0.05, 0) is 30.2 Å². The molecule has 0 amide bonds. The highest BCUT2D eigenvalue weighted by molar-refractivity contribution is 5.48. The second-order valence-corrected chi connectivity index (χ2v) is 4.29. The Morgan fingerprint density at radius 2 is 2.18 bits per heavy atom. The monoisotopic (exact) mass is 233 g/mol. The van der Waals surface area contributed by atoms with Crippen molar-refractivity contribution >= 4 is 5.69 Å². The van der Waals surface area contributed by atoms with E-state index in [1.165, 1.54) is 0 Å². The molecule has 0 aromatic heterocycles. The third-order valence-corrected chi connectivity index (χ3v) is 2.91. The number of hydrogen-bond donors (Lipinski definition) is 1. The molecule has 2 N–H and O–H groups in total. The van der Waals surface area contributed by atoms with E-state index in [0.29, 0.717) is 0 Å². The van der Waals surface area contributed by atoms with Gasteiger partial charge in [0.1, 0.15) is 11.9 Å². The van der Waals surface area contributed by atoms with E-state index in [9.17, 15) is 0 Å². The quantitative estimate of drug-likeness (QED) is 0.642. The molecule has 0 unspecified atom stereocenters. The minimum Gasteiger partial charge on any atom is -0.490 e. The Kier molecular flexibility index (Phi) is 4.04. The second-order valence-electron chi connectivity index (χ2n) is 4.29. The summed E-state index contributed by atoms with van der Waals surface area (Å²) in [6.07, 6.45) is 4.82. The van der Waals surface area contributed by atoms with E-state index in [1.54, 1.807) is 0 Å². The van der Waals surface area contributed by atoms with Crippen molar-refractivity contribution in [2.45, 2.75) is 25.4 Å². The zero-order chi connectivity index (χ0) is 12.1. The minimum absolute atomic E-state index is 0.260. The van der Waals surface area contributed by atoms with Crippen LogP contribution in [-0.4, -0.2) is 19.3 Å². The van der Waals surface area contributed by atoms with Crippen molar-refractivity contribution in [2.24, 2.45) is 0 Å². The van der Waals surface area contributed by atoms with Crippen molar-refractivity contribution in [3.05, 3.63) is 36.4 Å². The Balaban J connectivity index is 2.10. The van der Waals surface area contributed by atoms with Crippen LogP contribution >= 0.6 is 0 Å². The molecular weight excluding hydrogens is 214 g/mol. The summed E-state index contributed by atoms with van der Waals surface area (Å²) < 4.78 is 11.3. The van der Waals surface area contributed by atoms with Crippen molar-refractivity contribution in [3.8, 4) is 5.75 Å². The molecule has 0 aliphatic carbocycles. The van der Waals surface area contributed by atoms with Gasteiger partial charge in [-0.2, -0.15) is 0 Å². The van der Waals surface area contributed by atoms with Gasteiger partial charge in [-0.15, -0.1) is 6.58 Å². The molecule has 0 spiro atoms. The summed E-state index contributed by atoms with van der Waals surface area (Å²) in [6, 6.07) is 5.78. The van der Waals surface area contributed by atoms with Crippen LogP contribution < -0.4 is 10.5 Å². The molecule has 92 valence electrons. The Labute approximate surface area is 102 Å². The second kappa shape index (κ2) is 5.73. The summed E-state index contributed by atoms with van der Waals surface area (Å²) in [4.78, 5) is 0. The lowest BCUT2D eigenvalue weighted by Gasteiger charge is -2.24. The van der Waals surface area contributed by atoms with Gasteiger partial charge >= 0.3 is 0 Å². The third-order valence-electron chi connectivity index (χ3n) is 2.91. The van der Waals surface area contributed by atoms with Crippen LogP contribution in [0.2, 0.25) is 0 Å². The topological polar surface area (TPSA) is 44.5 Å². The van der Waals surface area contributed by atoms with E-state index in [4.69, 9.17) is 15.2 Å². The van der Waals surface area contributed by atoms with Gasteiger partial charge in [0.05, 0.1) is 13.2 Å². The van der Waals surface area contributed by atoms with E-state index in [1.807, 2.05) is 24.3 Å². The summed E-state index contributed by atoms with van der Waals surface area (Å²) in [5, 5.41) is 0. The van der Waals surface area contributed by atoms with Gasteiger partial charge in [-0.25, -0.2) is 0 Å². The summed E-state index contributed by atoms with van der Waals surface area (Å²) in [7, 11) is 0. The molecule has 3 heteroatoms. The first-order chi connectivity index (χ1) is 8.29. The number of anilines is 1. The van der Waals surface area contributed by atoms with E-state index in [-0.39, 0.29) is 6.10 Å². The van der Waals surface area contributed by atoms with Crippen LogP contribution in [0.1, 0.15) is 18.4 Å². The van der Waals surface area contributed by atoms with Crippen molar-refractivity contribution in [3.63, 3.8) is 0 Å². The van der Waals surface area contributed by atoms with Crippen molar-refractivity contribution in [1.29, 1.82) is 0 Å². The lowest BCUT2D eigenvalue weighted by Crippen LogP contribution is -2.26. The Morgan fingerprint density at radius 3 is 2.88 bits per heavy atom. The molecule has 1 aromatic rings. The van der Waals surface area contributed by atoms with Crippen LogP contribution in [0.25, 0.3) is 0 Å². The third kappa shape index (κ3) is 3.24. The molecule has 0 bridgehead atoms. The highest BCUT2D eigenvalue weighted by Gasteiger charge is 2.16. The first-order valence-corrected chi connectivity index (χ1v) is 6.03. The number of ether oxygens (including phenoxy) is 2. The number of nitrogens with two attached hydrogens (primary N) is 1. The van der Waals surface area contributed by atoms with Gasteiger partial charge < -0.3 is 15.2 Å². The van der Waals surface area contributed by atoms with Gasteiger partial charge in [0, 0.05) is 18.5 Å². The average molecular weight is 233 g/mol. The van der Waals surface area contributed by atoms with Gasteiger partial charge in [0.2, 0.25) is 0 Å². The Morgan fingerprint density at radius 1 is 1.41 bits per heavy atom. The van der Waals surface area contributed by atoms with E-state index in [2.05, 4.69) is 6.58 Å². The fraction of sp³-hybridized carbons (Fsp3) is 0.429. The van der Waals surface area contributed by atoms with Crippen LogP contribution in [0.3, 0.4) is 0 Å². The number of allylic oxidation sites excluding steroid dienone is 1. The number of nitrogen functional groups attached to an aromatic ring is 1. The molecule has 3 nitrogen and oxygen atoms in total. The highest BCUT2D eigenvalue weighted by Crippen LogP contribution is 2.25. The smallest absolute Gasteiger partial charge is 0.123 e. The Hall–Kier alpha value is -1.48. The molecular formula is C14H19NO2. The Bertz CT molecular complexity index is 384. The summed E-state index contributed by atoms with van der Waals surface area (Å²) >= 11 is 0. The van der Waals surface area contributed by atoms with E-state index < -0.39 is 0 Å². The van der Waals surface area contributed by atoms with Gasteiger partial charge in [-0.3, -0.25) is 0 Å². The maximum Gasteiger partial charge on any atom is 0.123 e. The summed E-state index contributed by atoms with van der Waals surface area (Å²) in [5.74, 6) is 0.922. The average Bonchev–Trinajstić information content (AvgIpc) is 2.34. The van der Waals surface area contributed by atoms with Crippen LogP contribution in [-0.2, 0) is 11.2 Å². The molecule has 1 aliphatic heterocycles. The lowest BCUT2D eigenvalue weighted by molar-refractivity contribution is 0.0252. The van der Waals surface area contributed by atoms with E-state index >= 15 is 0 Å². The molecule has 17 heavy (non-hydrogen) atoms. The molecule has 1 aliphatic rings. The van der Waals surface area contributed by atoms with Crippen LogP contribution in [0.5, 0.6) is 5.75 Å². The minimum atomic E-state index is 0.260. The molecule has 1 saturated heterocycles. The summed E-state index contributed by atoms with van der Waals surface area (Å²) in [6.45, 7) is 5.33. The molecule has 0 saturated carbocycles. The highest BCUT2D eigenvalue weighted by atomic mass is 16.5. The zero-order valence-electron chi connectivity index (χ0n) is 10.0. The normalized spacial score (nSPS) is 16.7. The van der Waals surface area contributed by atoms with Gasteiger partial charge in [0.15, 0.2) is 0 Å². The zero-order valence-corrected chi connectivity index (χ0v) is 10.0. The molecule has 1 fully saturated rings. The van der Waals surface area contributed by atoms with E-state index in [0.717, 1.165) is 49.5 Å². The lowest BCUT2D eigenvalue weighted by atomic mass is 10.1. The largest absolute Gasteiger partial charge is 0.490 e. The molecule has 1 aromatic carbocycles. The molecule has 0 atom stereocenters. The van der Waals surface area contributed by atoms with Crippen LogP contribution in [0.15, 0.2) is 30.9 Å². The molecule has 0 radical (unpaired) electrons. The molecule has 2 rings (SSSR count). The van der Waals surface area contributed by atoms with Crippen LogP contribution in [0.4, 0.5) is 5.69 Å². The van der Waals surface area contributed by atoms with Crippen LogP contribution in [0, 0.1) is 0 Å². The number of rotatable bonds is 4. The predicted molar refractivity (Wildman–Crippen MR) is 69.2 cm³/mol. The SMILES string of the molecule is C=CCc1cc(N)ccc1OC1CCOCC1. The maximum atomic E-state index is 6.01. The fourth-order valence-corrected chi connectivity index (χ4v) is 2.00. The van der Waals surface area contributed by atoms with Gasteiger partial charge in [0.25, 0.3) is 0 Å². The predicted octanol–water partition coefficient (Wildman–Crippen LogP) is 2.56. The summed E-state index contributed by atoms with van der Waals surface area (Å²) in [5.41, 5.74) is 7.65. The van der Waals surface area contributed by atoms with Crippen molar-refractivity contribution < 1.29 is 9.47 Å². The van der Waals surface area contributed by atoms with Gasteiger partial charge in [-0.1, -0.05) is 6.08 Å². The molecule has 1 heterocycles. The van der Waals surface area contributed by atoms with Crippen molar-refractivity contribution in [1.82, 2.24) is 0 Å². The number of hydrogen-bond acceptors (Lipinski definition) is 3. The first-order valence-electron chi connectivity index (χ1n) is 6.03. The maximum absolute atomic E-state index is 6.01.